The van der Waals surface area contributed by atoms with Crippen LogP contribution in [0.4, 0.5) is 0 Å². The molecule has 4 atom stereocenters. The van der Waals surface area contributed by atoms with Crippen LogP contribution in [-0.2, 0) is 30.4 Å². The first kappa shape index (κ1) is 30.2. The lowest BCUT2D eigenvalue weighted by molar-refractivity contribution is -0.142. The number of imidazole rings is 1. The molecular weight excluding hydrogens is 498 g/mol. The summed E-state index contributed by atoms with van der Waals surface area (Å²) in [6.07, 6.45) is 2.29. The van der Waals surface area contributed by atoms with E-state index in [2.05, 4.69) is 43.5 Å². The van der Waals surface area contributed by atoms with Crippen molar-refractivity contribution in [3.05, 3.63) is 18.2 Å². The molecule has 16 nitrogen and oxygen atoms in total. The Bertz CT molecular complexity index is 938. The maximum atomic E-state index is 12.9. The Hall–Kier alpha value is -3.86. The van der Waals surface area contributed by atoms with Gasteiger partial charge in [-0.3, -0.25) is 24.2 Å². The highest BCUT2D eigenvalue weighted by molar-refractivity contribution is 7.80. The van der Waals surface area contributed by atoms with Gasteiger partial charge in [-0.05, 0) is 12.8 Å². The number of hydrogen-bond donors (Lipinski definition) is 10. The van der Waals surface area contributed by atoms with E-state index in [1.165, 1.54) is 12.5 Å². The first-order valence-corrected chi connectivity index (χ1v) is 11.3. The summed E-state index contributed by atoms with van der Waals surface area (Å²) in [6.45, 7) is 0.219. The normalized spacial score (nSPS) is 13.9. The molecule has 0 bridgehead atoms. The van der Waals surface area contributed by atoms with Gasteiger partial charge in [0.2, 0.25) is 17.7 Å². The third kappa shape index (κ3) is 11.0. The van der Waals surface area contributed by atoms with Gasteiger partial charge in [0.25, 0.3) is 0 Å². The minimum absolute atomic E-state index is 0.121. The summed E-state index contributed by atoms with van der Waals surface area (Å²) in [5.74, 6) is -5.72. The molecule has 36 heavy (non-hydrogen) atoms. The number of aromatic amines is 1. The molecule has 4 unspecified atom stereocenters. The maximum Gasteiger partial charge on any atom is 0.327 e. The van der Waals surface area contributed by atoms with Gasteiger partial charge >= 0.3 is 11.9 Å². The maximum absolute atomic E-state index is 12.9. The van der Waals surface area contributed by atoms with Crippen molar-refractivity contribution in [3.8, 4) is 0 Å². The number of aliphatic imine (C=N–C) groups is 1. The second-order valence-electron chi connectivity index (χ2n) is 7.64. The fraction of sp³-hybridized carbons (Fsp3) is 0.526. The van der Waals surface area contributed by atoms with Gasteiger partial charge in [0, 0.05) is 30.6 Å². The van der Waals surface area contributed by atoms with E-state index >= 15 is 0 Å². The summed E-state index contributed by atoms with van der Waals surface area (Å²) in [5.41, 5.74) is 16.7. The molecule has 1 heterocycles. The van der Waals surface area contributed by atoms with Crippen molar-refractivity contribution in [1.82, 2.24) is 25.9 Å². The van der Waals surface area contributed by atoms with Crippen molar-refractivity contribution >= 4 is 48.2 Å². The number of amides is 3. The Labute approximate surface area is 211 Å². The summed E-state index contributed by atoms with van der Waals surface area (Å²) < 4.78 is 0. The molecule has 12 N–H and O–H groups in total. The lowest BCUT2D eigenvalue weighted by Crippen LogP contribution is -2.58. The number of hydrogen-bond acceptors (Lipinski definition) is 9. The number of carboxylic acid groups (broad SMARTS) is 2. The molecule has 0 saturated carbocycles. The van der Waals surface area contributed by atoms with Gasteiger partial charge in [-0.15, -0.1) is 0 Å². The molecule has 0 aliphatic carbocycles. The summed E-state index contributed by atoms with van der Waals surface area (Å²) in [4.78, 5) is 71.0. The number of carbonyl (C=O) groups is 5. The van der Waals surface area contributed by atoms with Crippen molar-refractivity contribution in [2.24, 2.45) is 22.2 Å². The monoisotopic (exact) mass is 529 g/mol. The van der Waals surface area contributed by atoms with Crippen LogP contribution in [0.5, 0.6) is 0 Å². The molecule has 1 aromatic rings. The lowest BCUT2D eigenvalue weighted by Gasteiger charge is -2.24. The molecule has 0 radical (unpaired) electrons. The zero-order valence-corrected chi connectivity index (χ0v) is 20.1. The van der Waals surface area contributed by atoms with Crippen LogP contribution >= 0.6 is 12.6 Å². The summed E-state index contributed by atoms with van der Waals surface area (Å²) in [5, 5.41) is 25.3. The van der Waals surface area contributed by atoms with Gasteiger partial charge in [0.05, 0.1) is 18.8 Å². The second kappa shape index (κ2) is 15.2. The number of nitrogens with two attached hydrogens (primary N) is 3. The third-order valence-electron chi connectivity index (χ3n) is 4.73. The highest BCUT2D eigenvalue weighted by Gasteiger charge is 2.31. The molecule has 0 aliphatic rings. The van der Waals surface area contributed by atoms with Gasteiger partial charge in [-0.25, -0.2) is 9.78 Å². The first-order chi connectivity index (χ1) is 16.9. The Morgan fingerprint density at radius 1 is 1.03 bits per heavy atom. The van der Waals surface area contributed by atoms with E-state index in [1.807, 2.05) is 0 Å². The van der Waals surface area contributed by atoms with E-state index in [0.29, 0.717) is 12.1 Å². The smallest absolute Gasteiger partial charge is 0.327 e. The number of carbonyl (C=O) groups excluding carboxylic acids is 3. The molecule has 0 saturated heterocycles. The SMILES string of the molecule is NC(N)=NCCCC(N)C(=O)NC(CC(=O)O)C(=O)NC(Cc1cnc[nH]1)C(=O)NC(CS)C(=O)O. The van der Waals surface area contributed by atoms with Gasteiger partial charge < -0.3 is 48.3 Å². The zero-order valence-electron chi connectivity index (χ0n) is 19.2. The molecule has 200 valence electrons. The van der Waals surface area contributed by atoms with E-state index in [-0.39, 0.29) is 31.1 Å². The van der Waals surface area contributed by atoms with Crippen LogP contribution < -0.4 is 33.2 Å². The highest BCUT2D eigenvalue weighted by atomic mass is 32.1. The van der Waals surface area contributed by atoms with Crippen LogP contribution in [0.3, 0.4) is 0 Å². The molecule has 1 aromatic heterocycles. The van der Waals surface area contributed by atoms with Gasteiger partial charge in [-0.1, -0.05) is 0 Å². The number of nitrogens with zero attached hydrogens (tertiary/aromatic N) is 2. The number of carboxylic acids is 2. The molecular formula is C19H31N9O7S. The minimum Gasteiger partial charge on any atom is -0.481 e. The van der Waals surface area contributed by atoms with Crippen LogP contribution in [0, 0.1) is 0 Å². The van der Waals surface area contributed by atoms with Crippen molar-refractivity contribution in [2.75, 3.05) is 12.3 Å². The Kier molecular flexibility index (Phi) is 12.7. The van der Waals surface area contributed by atoms with Crippen molar-refractivity contribution < 1.29 is 34.2 Å². The third-order valence-corrected chi connectivity index (χ3v) is 5.09. The van der Waals surface area contributed by atoms with Crippen LogP contribution in [0.2, 0.25) is 0 Å². The molecule has 0 spiro atoms. The lowest BCUT2D eigenvalue weighted by atomic mass is 10.1. The largest absolute Gasteiger partial charge is 0.481 e. The molecule has 17 heteroatoms. The van der Waals surface area contributed by atoms with E-state index in [1.54, 1.807) is 0 Å². The summed E-state index contributed by atoms with van der Waals surface area (Å²) in [6, 6.07) is -5.33. The van der Waals surface area contributed by atoms with Crippen molar-refractivity contribution in [2.45, 2.75) is 49.9 Å². The first-order valence-electron chi connectivity index (χ1n) is 10.7. The van der Waals surface area contributed by atoms with Crippen LogP contribution in [0.25, 0.3) is 0 Å². The summed E-state index contributed by atoms with van der Waals surface area (Å²) in [7, 11) is 0. The van der Waals surface area contributed by atoms with E-state index in [9.17, 15) is 34.2 Å². The highest BCUT2D eigenvalue weighted by Crippen LogP contribution is 2.04. The van der Waals surface area contributed by atoms with Gasteiger partial charge in [0.15, 0.2) is 5.96 Å². The van der Waals surface area contributed by atoms with Crippen LogP contribution in [0.1, 0.15) is 25.0 Å². The molecule has 0 aromatic carbocycles. The van der Waals surface area contributed by atoms with E-state index < -0.39 is 60.2 Å². The van der Waals surface area contributed by atoms with Crippen LogP contribution in [-0.4, -0.2) is 92.3 Å². The minimum atomic E-state index is -1.57. The second-order valence-corrected chi connectivity index (χ2v) is 8.00. The molecule has 1 rings (SSSR count). The molecule has 3 amide bonds. The Morgan fingerprint density at radius 3 is 2.17 bits per heavy atom. The number of H-pyrrole nitrogens is 1. The predicted octanol–water partition coefficient (Wildman–Crippen LogP) is -3.72. The Balaban J connectivity index is 2.95. The van der Waals surface area contributed by atoms with E-state index in [4.69, 9.17) is 17.2 Å². The summed E-state index contributed by atoms with van der Waals surface area (Å²) >= 11 is 3.88. The number of rotatable bonds is 16. The topological polar surface area (TPSA) is 281 Å². The average molecular weight is 530 g/mol. The van der Waals surface area contributed by atoms with Crippen LogP contribution in [0.15, 0.2) is 17.5 Å². The molecule has 0 aliphatic heterocycles. The number of nitrogens with one attached hydrogen (secondary N) is 4. The number of thiol groups is 1. The predicted molar refractivity (Wildman–Crippen MR) is 130 cm³/mol. The van der Waals surface area contributed by atoms with Gasteiger partial charge in [0.1, 0.15) is 18.1 Å². The van der Waals surface area contributed by atoms with Crippen molar-refractivity contribution in [1.29, 1.82) is 0 Å². The quantitative estimate of drug-likeness (QED) is 0.0430. The average Bonchev–Trinajstić information content (AvgIpc) is 3.31. The zero-order chi connectivity index (χ0) is 27.3. The standard InChI is InChI=1S/C19H31N9O7S/c20-10(2-1-3-24-19(21)22)15(31)26-12(5-14(29)30)17(33)27-11(4-9-6-23-8-25-9)16(32)28-13(7-36)18(34)35/h6,8,10-13,36H,1-5,7,20H2,(H,23,25)(H,26,31)(H,27,33)(H,28,32)(H,29,30)(H,34,35)(H4,21,22,24). The fourth-order valence-electron chi connectivity index (χ4n) is 2.87. The van der Waals surface area contributed by atoms with E-state index in [0.717, 1.165) is 0 Å². The number of aliphatic carboxylic acids is 2. The number of aromatic nitrogens is 2. The van der Waals surface area contributed by atoms with Crippen molar-refractivity contribution in [3.63, 3.8) is 0 Å². The molecule has 0 fully saturated rings. The fourth-order valence-corrected chi connectivity index (χ4v) is 3.12. The van der Waals surface area contributed by atoms with Gasteiger partial charge in [-0.2, -0.15) is 12.6 Å². The number of guanidine groups is 1. The Morgan fingerprint density at radius 2 is 1.64 bits per heavy atom.